The van der Waals surface area contributed by atoms with Crippen molar-refractivity contribution >= 4 is 29.6 Å². The van der Waals surface area contributed by atoms with Gasteiger partial charge in [0.15, 0.2) is 23.0 Å². The topological polar surface area (TPSA) is 114 Å². The number of rotatable bonds is 5. The highest BCUT2D eigenvalue weighted by atomic mass is 16.7. The highest BCUT2D eigenvalue weighted by Crippen LogP contribution is 2.37. The van der Waals surface area contributed by atoms with Crippen molar-refractivity contribution in [2.75, 3.05) is 18.8 Å². The molecule has 0 aromatic heterocycles. The quantitative estimate of drug-likeness (QED) is 0.432. The van der Waals surface area contributed by atoms with Crippen LogP contribution in [0.5, 0.6) is 23.0 Å². The molecule has 1 saturated heterocycles. The molecule has 2 aliphatic heterocycles. The van der Waals surface area contributed by atoms with Crippen molar-refractivity contribution in [1.29, 1.82) is 0 Å². The SMILES string of the molecule is C=CCc1cc(/C=C2\C(=O)NC(=O)N(c3ccc4c(c3)OCO4)C2=O)cc(OC)c1O. The summed E-state index contributed by atoms with van der Waals surface area (Å²) in [5.41, 5.74) is 0.911. The maximum Gasteiger partial charge on any atom is 0.335 e. The first-order valence-electron chi connectivity index (χ1n) is 9.24. The second kappa shape index (κ2) is 7.86. The molecule has 0 aliphatic carbocycles. The molecule has 9 heteroatoms. The second-order valence-corrected chi connectivity index (χ2v) is 6.72. The molecular formula is C22H18N2O7. The van der Waals surface area contributed by atoms with Gasteiger partial charge < -0.3 is 19.3 Å². The third kappa shape index (κ3) is 3.57. The number of carbonyl (C=O) groups excluding carboxylic acids is 3. The third-order valence-corrected chi connectivity index (χ3v) is 4.79. The van der Waals surface area contributed by atoms with Gasteiger partial charge in [0, 0.05) is 11.6 Å². The molecule has 0 unspecified atom stereocenters. The Kier molecular flexibility index (Phi) is 5.08. The van der Waals surface area contributed by atoms with Crippen molar-refractivity contribution in [3.8, 4) is 23.0 Å². The summed E-state index contributed by atoms with van der Waals surface area (Å²) in [7, 11) is 1.39. The number of urea groups is 1. The lowest BCUT2D eigenvalue weighted by molar-refractivity contribution is -0.122. The van der Waals surface area contributed by atoms with E-state index in [0.29, 0.717) is 29.0 Å². The molecule has 0 saturated carbocycles. The Morgan fingerprint density at radius 1 is 1.19 bits per heavy atom. The number of allylic oxidation sites excluding steroid dienone is 1. The molecule has 158 valence electrons. The molecule has 0 bridgehead atoms. The first-order chi connectivity index (χ1) is 14.9. The van der Waals surface area contributed by atoms with Gasteiger partial charge in [0.25, 0.3) is 11.8 Å². The average molecular weight is 422 g/mol. The molecule has 2 N–H and O–H groups in total. The van der Waals surface area contributed by atoms with E-state index in [1.165, 1.54) is 31.4 Å². The number of nitrogens with zero attached hydrogens (tertiary/aromatic N) is 1. The van der Waals surface area contributed by atoms with Gasteiger partial charge >= 0.3 is 6.03 Å². The van der Waals surface area contributed by atoms with Crippen molar-refractivity contribution in [3.05, 3.63) is 59.7 Å². The Hall–Kier alpha value is -4.27. The van der Waals surface area contributed by atoms with Crippen LogP contribution in [-0.4, -0.2) is 36.9 Å². The number of benzene rings is 2. The lowest BCUT2D eigenvalue weighted by Gasteiger charge is -2.26. The molecule has 1 fully saturated rings. The summed E-state index contributed by atoms with van der Waals surface area (Å²) in [6.07, 6.45) is 3.28. The van der Waals surface area contributed by atoms with Gasteiger partial charge in [0.2, 0.25) is 6.79 Å². The van der Waals surface area contributed by atoms with E-state index >= 15 is 0 Å². The van der Waals surface area contributed by atoms with Gasteiger partial charge in [-0.05, 0) is 42.3 Å². The van der Waals surface area contributed by atoms with Crippen LogP contribution in [0.1, 0.15) is 11.1 Å². The van der Waals surface area contributed by atoms with Crippen molar-refractivity contribution in [2.24, 2.45) is 0 Å². The third-order valence-electron chi connectivity index (χ3n) is 4.79. The standard InChI is InChI=1S/C22H18N2O7/c1-3-4-13-7-12(9-18(29-2)19(13)25)8-15-20(26)23-22(28)24(21(15)27)14-5-6-16-17(10-14)31-11-30-16/h3,5-10,25H,1,4,11H2,2H3,(H,23,26,28)/b15-8+. The average Bonchev–Trinajstić information content (AvgIpc) is 3.21. The lowest BCUT2D eigenvalue weighted by atomic mass is 10.0. The molecule has 2 aromatic rings. The number of anilines is 1. The highest BCUT2D eigenvalue weighted by Gasteiger charge is 2.37. The van der Waals surface area contributed by atoms with Crippen molar-refractivity contribution in [2.45, 2.75) is 6.42 Å². The summed E-state index contributed by atoms with van der Waals surface area (Å²) in [5, 5.41) is 12.4. The van der Waals surface area contributed by atoms with Gasteiger partial charge in [-0.15, -0.1) is 6.58 Å². The van der Waals surface area contributed by atoms with E-state index in [1.807, 2.05) is 0 Å². The Morgan fingerprint density at radius 3 is 2.71 bits per heavy atom. The first-order valence-corrected chi connectivity index (χ1v) is 9.24. The Bertz CT molecular complexity index is 1150. The number of hydrogen-bond donors (Lipinski definition) is 2. The number of hydrogen-bond acceptors (Lipinski definition) is 7. The van der Waals surface area contributed by atoms with E-state index < -0.39 is 17.8 Å². The second-order valence-electron chi connectivity index (χ2n) is 6.72. The summed E-state index contributed by atoms with van der Waals surface area (Å²) in [4.78, 5) is 38.8. The molecular weight excluding hydrogens is 404 g/mol. The highest BCUT2D eigenvalue weighted by molar-refractivity contribution is 6.39. The van der Waals surface area contributed by atoms with Crippen LogP contribution < -0.4 is 24.4 Å². The van der Waals surface area contributed by atoms with Crippen molar-refractivity contribution in [1.82, 2.24) is 5.32 Å². The normalized spacial score (nSPS) is 16.5. The van der Waals surface area contributed by atoms with Crippen molar-refractivity contribution < 1.29 is 33.7 Å². The number of phenols is 1. The minimum absolute atomic E-state index is 0.0400. The van der Waals surface area contributed by atoms with Gasteiger partial charge in [0.1, 0.15) is 5.57 Å². The van der Waals surface area contributed by atoms with E-state index in [0.717, 1.165) is 4.90 Å². The Morgan fingerprint density at radius 2 is 1.97 bits per heavy atom. The number of methoxy groups -OCH3 is 1. The molecule has 0 spiro atoms. The summed E-state index contributed by atoms with van der Waals surface area (Å²) >= 11 is 0. The summed E-state index contributed by atoms with van der Waals surface area (Å²) in [5.74, 6) is -0.627. The number of barbiturate groups is 1. The zero-order valence-corrected chi connectivity index (χ0v) is 16.5. The fourth-order valence-electron chi connectivity index (χ4n) is 3.32. The fourth-order valence-corrected chi connectivity index (χ4v) is 3.32. The zero-order chi connectivity index (χ0) is 22.1. The number of imide groups is 2. The predicted molar refractivity (Wildman–Crippen MR) is 110 cm³/mol. The van der Waals surface area contributed by atoms with E-state index in [-0.39, 0.29) is 29.6 Å². The maximum atomic E-state index is 13.1. The van der Waals surface area contributed by atoms with Crippen LogP contribution in [-0.2, 0) is 16.0 Å². The van der Waals surface area contributed by atoms with Crippen LogP contribution in [0.2, 0.25) is 0 Å². The number of amides is 4. The van der Waals surface area contributed by atoms with Crippen LogP contribution in [0.3, 0.4) is 0 Å². The van der Waals surface area contributed by atoms with Gasteiger partial charge in [-0.25, -0.2) is 9.69 Å². The van der Waals surface area contributed by atoms with E-state index in [2.05, 4.69) is 11.9 Å². The van der Waals surface area contributed by atoms with Crippen LogP contribution in [0.15, 0.2) is 48.6 Å². The number of ether oxygens (including phenoxy) is 3. The lowest BCUT2D eigenvalue weighted by Crippen LogP contribution is -2.54. The number of phenolic OH excluding ortho intramolecular Hbond substituents is 1. The van der Waals surface area contributed by atoms with Gasteiger partial charge in [0.05, 0.1) is 12.8 Å². The number of carbonyl (C=O) groups is 3. The molecule has 4 amide bonds. The maximum absolute atomic E-state index is 13.1. The first kappa shape index (κ1) is 20.0. The smallest absolute Gasteiger partial charge is 0.335 e. The Labute approximate surface area is 177 Å². The monoisotopic (exact) mass is 422 g/mol. The molecule has 31 heavy (non-hydrogen) atoms. The molecule has 0 radical (unpaired) electrons. The number of nitrogens with one attached hydrogen (secondary N) is 1. The minimum atomic E-state index is -0.873. The minimum Gasteiger partial charge on any atom is -0.504 e. The van der Waals surface area contributed by atoms with E-state index in [1.54, 1.807) is 18.2 Å². The molecule has 2 aliphatic rings. The van der Waals surface area contributed by atoms with Gasteiger partial charge in [-0.2, -0.15) is 0 Å². The van der Waals surface area contributed by atoms with Gasteiger partial charge in [-0.3, -0.25) is 14.9 Å². The van der Waals surface area contributed by atoms with Crippen LogP contribution in [0.25, 0.3) is 6.08 Å². The summed E-state index contributed by atoms with van der Waals surface area (Å²) < 4.78 is 15.7. The number of aromatic hydroxyl groups is 1. The van der Waals surface area contributed by atoms with Crippen LogP contribution >= 0.6 is 0 Å². The fraction of sp³-hybridized carbons (Fsp3) is 0.136. The largest absolute Gasteiger partial charge is 0.504 e. The van der Waals surface area contributed by atoms with E-state index in [9.17, 15) is 19.5 Å². The summed E-state index contributed by atoms with van der Waals surface area (Å²) in [6.45, 7) is 3.69. The van der Waals surface area contributed by atoms with Crippen LogP contribution in [0.4, 0.5) is 10.5 Å². The molecule has 0 atom stereocenters. The van der Waals surface area contributed by atoms with Crippen molar-refractivity contribution in [3.63, 3.8) is 0 Å². The summed E-state index contributed by atoms with van der Waals surface area (Å²) in [6, 6.07) is 6.79. The molecule has 4 rings (SSSR count). The van der Waals surface area contributed by atoms with Crippen LogP contribution in [0, 0.1) is 0 Å². The number of fused-ring (bicyclic) bond motifs is 1. The molecule has 2 aromatic carbocycles. The Balaban J connectivity index is 1.74. The molecule has 9 nitrogen and oxygen atoms in total. The predicted octanol–water partition coefficient (Wildman–Crippen LogP) is 2.52. The zero-order valence-electron chi connectivity index (χ0n) is 16.5. The van der Waals surface area contributed by atoms with E-state index in [4.69, 9.17) is 14.2 Å². The van der Waals surface area contributed by atoms with Gasteiger partial charge in [-0.1, -0.05) is 6.08 Å². The molecule has 2 heterocycles.